The predicted octanol–water partition coefficient (Wildman–Crippen LogP) is 4.98. The lowest BCUT2D eigenvalue weighted by Crippen LogP contribution is -2.20. The largest absolute Gasteiger partial charge is 0.452 e. The van der Waals surface area contributed by atoms with Crippen molar-refractivity contribution in [3.8, 4) is 0 Å². The van der Waals surface area contributed by atoms with Gasteiger partial charge in [0.1, 0.15) is 5.82 Å². The Bertz CT molecular complexity index is 840. The van der Waals surface area contributed by atoms with E-state index in [2.05, 4.69) is 5.32 Å². The van der Waals surface area contributed by atoms with E-state index in [0.29, 0.717) is 15.6 Å². The van der Waals surface area contributed by atoms with E-state index in [4.69, 9.17) is 39.5 Å². The second-order valence-corrected chi connectivity index (χ2v) is 6.01. The summed E-state index contributed by atoms with van der Waals surface area (Å²) in [7, 11) is 0. The van der Waals surface area contributed by atoms with Crippen molar-refractivity contribution in [1.29, 1.82) is 0 Å². The maximum atomic E-state index is 12.9. The molecule has 0 unspecified atom stereocenters. The van der Waals surface area contributed by atoms with Gasteiger partial charge in [-0.3, -0.25) is 4.79 Å². The third-order valence-corrected chi connectivity index (χ3v) is 3.96. The zero-order valence-corrected chi connectivity index (χ0v) is 14.8. The van der Waals surface area contributed by atoms with E-state index in [0.717, 1.165) is 18.2 Å². The summed E-state index contributed by atoms with van der Waals surface area (Å²) in [6.45, 7) is -0.516. The molecule has 1 amide bonds. The van der Waals surface area contributed by atoms with Gasteiger partial charge in [0.15, 0.2) is 6.61 Å². The van der Waals surface area contributed by atoms with Crippen molar-refractivity contribution in [1.82, 2.24) is 0 Å². The summed E-state index contributed by atoms with van der Waals surface area (Å²) in [6, 6.07) is 8.35. The topological polar surface area (TPSA) is 55.4 Å². The first-order chi connectivity index (χ1) is 11.8. The molecule has 2 rings (SSSR count). The van der Waals surface area contributed by atoms with Crippen LogP contribution in [0, 0.1) is 5.82 Å². The van der Waals surface area contributed by atoms with Crippen LogP contribution in [0.3, 0.4) is 0 Å². The van der Waals surface area contributed by atoms with Crippen LogP contribution in [0.25, 0.3) is 6.08 Å². The number of carbonyl (C=O) groups excluding carboxylic acids is 2. The summed E-state index contributed by atoms with van der Waals surface area (Å²) in [6.07, 6.45) is 2.62. The number of anilines is 1. The molecule has 0 radical (unpaired) electrons. The van der Waals surface area contributed by atoms with E-state index in [9.17, 15) is 14.0 Å². The van der Waals surface area contributed by atoms with Crippen molar-refractivity contribution in [2.24, 2.45) is 0 Å². The fraction of sp³-hybridized carbons (Fsp3) is 0.0588. The fourth-order valence-corrected chi connectivity index (χ4v) is 2.26. The molecule has 0 fully saturated rings. The third kappa shape index (κ3) is 6.05. The minimum atomic E-state index is -0.716. The summed E-state index contributed by atoms with van der Waals surface area (Å²) in [5, 5.41) is 3.21. The molecular weight excluding hydrogens is 392 g/mol. The number of amides is 1. The number of carbonyl (C=O) groups is 2. The van der Waals surface area contributed by atoms with Crippen molar-refractivity contribution < 1.29 is 18.7 Å². The van der Waals surface area contributed by atoms with Crippen LogP contribution in [0.1, 0.15) is 5.56 Å². The maximum absolute atomic E-state index is 12.9. The third-order valence-electron chi connectivity index (χ3n) is 2.91. The van der Waals surface area contributed by atoms with Crippen molar-refractivity contribution in [2.45, 2.75) is 0 Å². The van der Waals surface area contributed by atoms with Crippen molar-refractivity contribution in [3.63, 3.8) is 0 Å². The highest BCUT2D eigenvalue weighted by Crippen LogP contribution is 2.23. The summed E-state index contributed by atoms with van der Waals surface area (Å²) in [4.78, 5) is 23.3. The number of esters is 1. The SMILES string of the molecule is O=C(COC(=O)C=Cc1ccc(Cl)c(Cl)c1)Nc1ccc(F)cc1Cl. The highest BCUT2D eigenvalue weighted by Gasteiger charge is 2.09. The number of hydrogen-bond donors (Lipinski definition) is 1. The highest BCUT2D eigenvalue weighted by atomic mass is 35.5. The summed E-state index contributed by atoms with van der Waals surface area (Å²) in [5.41, 5.74) is 0.865. The number of rotatable bonds is 5. The van der Waals surface area contributed by atoms with Crippen LogP contribution < -0.4 is 5.32 Å². The average Bonchev–Trinajstić information content (AvgIpc) is 2.56. The second-order valence-electron chi connectivity index (χ2n) is 4.79. The first-order valence-electron chi connectivity index (χ1n) is 6.90. The lowest BCUT2D eigenvalue weighted by molar-refractivity contribution is -0.142. The lowest BCUT2D eigenvalue weighted by atomic mass is 10.2. The van der Waals surface area contributed by atoms with Crippen LogP contribution in [0.15, 0.2) is 42.5 Å². The van der Waals surface area contributed by atoms with Gasteiger partial charge in [-0.25, -0.2) is 9.18 Å². The number of hydrogen-bond acceptors (Lipinski definition) is 3. The molecule has 0 bridgehead atoms. The average molecular weight is 403 g/mol. The van der Waals surface area contributed by atoms with Crippen LogP contribution in [0.4, 0.5) is 10.1 Å². The Morgan fingerprint density at radius 3 is 2.48 bits per heavy atom. The minimum absolute atomic E-state index is 0.0409. The lowest BCUT2D eigenvalue weighted by Gasteiger charge is -2.07. The standard InChI is InChI=1S/C17H11Cl3FNO3/c18-12-4-1-10(7-13(12)19)2-6-17(24)25-9-16(23)22-15-5-3-11(21)8-14(15)20/h1-8H,9H2,(H,22,23). The molecule has 4 nitrogen and oxygen atoms in total. The van der Waals surface area contributed by atoms with Gasteiger partial charge < -0.3 is 10.1 Å². The molecule has 0 saturated carbocycles. The van der Waals surface area contributed by atoms with E-state index in [1.807, 2.05) is 0 Å². The predicted molar refractivity (Wildman–Crippen MR) is 96.5 cm³/mol. The number of halogens is 4. The molecule has 1 N–H and O–H groups in total. The summed E-state index contributed by atoms with van der Waals surface area (Å²) < 4.78 is 17.7. The Morgan fingerprint density at radius 1 is 1.04 bits per heavy atom. The van der Waals surface area contributed by atoms with E-state index >= 15 is 0 Å². The second kappa shape index (κ2) is 8.85. The van der Waals surface area contributed by atoms with E-state index < -0.39 is 24.3 Å². The Labute approximate surface area is 158 Å². The smallest absolute Gasteiger partial charge is 0.331 e. The molecule has 0 aromatic heterocycles. The van der Waals surface area contributed by atoms with Crippen LogP contribution in [-0.4, -0.2) is 18.5 Å². The Morgan fingerprint density at radius 2 is 1.80 bits per heavy atom. The van der Waals surface area contributed by atoms with Gasteiger partial charge in [0.2, 0.25) is 0 Å². The van der Waals surface area contributed by atoms with Gasteiger partial charge in [-0.2, -0.15) is 0 Å². The molecule has 0 heterocycles. The van der Waals surface area contributed by atoms with Gasteiger partial charge in [-0.05, 0) is 42.0 Å². The molecule has 0 aliphatic heterocycles. The van der Waals surface area contributed by atoms with E-state index in [1.165, 1.54) is 12.1 Å². The Balaban J connectivity index is 1.85. The number of ether oxygens (including phenoxy) is 1. The van der Waals surface area contributed by atoms with Gasteiger partial charge in [-0.15, -0.1) is 0 Å². The molecule has 0 aliphatic rings. The quantitative estimate of drug-likeness (QED) is 0.567. The molecule has 0 saturated heterocycles. The molecule has 2 aromatic carbocycles. The number of nitrogens with one attached hydrogen (secondary N) is 1. The summed E-state index contributed by atoms with van der Waals surface area (Å²) in [5.74, 6) is -1.85. The molecule has 0 aliphatic carbocycles. The molecule has 0 spiro atoms. The zero-order valence-electron chi connectivity index (χ0n) is 12.6. The van der Waals surface area contributed by atoms with Crippen LogP contribution >= 0.6 is 34.8 Å². The van der Waals surface area contributed by atoms with Gasteiger partial charge >= 0.3 is 5.97 Å². The molecule has 0 atom stereocenters. The number of benzene rings is 2. The van der Waals surface area contributed by atoms with Crippen molar-refractivity contribution >= 4 is 58.4 Å². The first kappa shape index (κ1) is 19.2. The van der Waals surface area contributed by atoms with Gasteiger partial charge in [0.05, 0.1) is 20.8 Å². The zero-order chi connectivity index (χ0) is 18.4. The molecule has 25 heavy (non-hydrogen) atoms. The first-order valence-corrected chi connectivity index (χ1v) is 8.03. The van der Waals surface area contributed by atoms with Gasteiger partial charge in [0, 0.05) is 6.08 Å². The molecular formula is C17H11Cl3FNO3. The van der Waals surface area contributed by atoms with Crippen molar-refractivity contribution in [2.75, 3.05) is 11.9 Å². The van der Waals surface area contributed by atoms with Gasteiger partial charge in [-0.1, -0.05) is 40.9 Å². The van der Waals surface area contributed by atoms with Crippen LogP contribution in [0.5, 0.6) is 0 Å². The van der Waals surface area contributed by atoms with Gasteiger partial charge in [0.25, 0.3) is 5.91 Å². The molecule has 8 heteroatoms. The maximum Gasteiger partial charge on any atom is 0.331 e. The normalized spacial score (nSPS) is 10.7. The van der Waals surface area contributed by atoms with E-state index in [1.54, 1.807) is 18.2 Å². The molecule has 130 valence electrons. The molecule has 2 aromatic rings. The van der Waals surface area contributed by atoms with Crippen molar-refractivity contribution in [3.05, 3.63) is 68.9 Å². The summed E-state index contributed by atoms with van der Waals surface area (Å²) >= 11 is 17.4. The fourth-order valence-electron chi connectivity index (χ4n) is 1.74. The van der Waals surface area contributed by atoms with Crippen LogP contribution in [0.2, 0.25) is 15.1 Å². The van der Waals surface area contributed by atoms with Crippen LogP contribution in [-0.2, 0) is 14.3 Å². The Hall–Kier alpha value is -2.08. The highest BCUT2D eigenvalue weighted by molar-refractivity contribution is 6.42. The van der Waals surface area contributed by atoms with E-state index in [-0.39, 0.29) is 10.7 Å². The monoisotopic (exact) mass is 401 g/mol. The Kier molecular flexibility index (Phi) is 6.82. The minimum Gasteiger partial charge on any atom is -0.452 e.